The molecule has 216 valence electrons. The Morgan fingerprint density at radius 3 is 2.65 bits per heavy atom. The Hall–Kier alpha value is -3.93. The second-order valence-electron chi connectivity index (χ2n) is 9.61. The molecule has 0 aliphatic heterocycles. The molecule has 1 saturated carbocycles. The maximum absolute atomic E-state index is 13.7. The van der Waals surface area contributed by atoms with Gasteiger partial charge in [0.25, 0.3) is 5.91 Å². The number of amides is 2. The van der Waals surface area contributed by atoms with Crippen molar-refractivity contribution in [2.45, 2.75) is 64.1 Å². The molecule has 2 aromatic heterocycles. The number of rotatable bonds is 14. The Kier molecular flexibility index (Phi) is 10.5. The summed E-state index contributed by atoms with van der Waals surface area (Å²) in [7, 11) is 3.10. The van der Waals surface area contributed by atoms with Crippen LogP contribution in [0, 0.1) is 0 Å². The van der Waals surface area contributed by atoms with Gasteiger partial charge in [0.05, 0.1) is 20.5 Å². The van der Waals surface area contributed by atoms with E-state index in [9.17, 15) is 9.59 Å². The van der Waals surface area contributed by atoms with Crippen molar-refractivity contribution < 1.29 is 28.2 Å². The molecule has 0 radical (unpaired) electrons. The highest BCUT2D eigenvalue weighted by molar-refractivity contribution is 5.88. The molecule has 4 rings (SSSR count). The van der Waals surface area contributed by atoms with E-state index in [-0.39, 0.29) is 24.4 Å². The first-order chi connectivity index (χ1) is 19.5. The van der Waals surface area contributed by atoms with Crippen LogP contribution >= 0.6 is 0 Å². The lowest BCUT2D eigenvalue weighted by atomic mass is 9.95. The van der Waals surface area contributed by atoms with Gasteiger partial charge in [0.1, 0.15) is 12.3 Å². The van der Waals surface area contributed by atoms with E-state index in [1.807, 2.05) is 6.92 Å². The fourth-order valence-electron chi connectivity index (χ4n) is 4.89. The number of aromatic nitrogens is 4. The lowest BCUT2D eigenvalue weighted by Gasteiger charge is -2.32. The molecular formula is C28H38N6O6. The van der Waals surface area contributed by atoms with E-state index in [4.69, 9.17) is 18.6 Å². The normalized spacial score (nSPS) is 14.5. The molecule has 12 nitrogen and oxygen atoms in total. The molecule has 1 unspecified atom stereocenters. The van der Waals surface area contributed by atoms with E-state index in [1.165, 1.54) is 22.4 Å². The number of tetrazole rings is 1. The van der Waals surface area contributed by atoms with Crippen LogP contribution in [0.2, 0.25) is 0 Å². The zero-order chi connectivity index (χ0) is 28.3. The van der Waals surface area contributed by atoms with Crippen LogP contribution < -0.4 is 14.8 Å². The van der Waals surface area contributed by atoms with Crippen molar-refractivity contribution in [2.75, 3.05) is 34.0 Å². The largest absolute Gasteiger partial charge is 0.493 e. The Balaban J connectivity index is 1.55. The van der Waals surface area contributed by atoms with Crippen molar-refractivity contribution in [3.63, 3.8) is 0 Å². The van der Waals surface area contributed by atoms with Crippen LogP contribution in [0.15, 0.2) is 41.0 Å². The third kappa shape index (κ3) is 7.38. The SMILES string of the molecule is CCOCCCN(C(=O)Cn1nnc(-c2ccc(OC)c(OC)c2)n1)C(C(=O)NC1CCCCC1)c1ccco1. The van der Waals surface area contributed by atoms with E-state index in [0.29, 0.717) is 54.8 Å². The van der Waals surface area contributed by atoms with Crippen LogP contribution in [0.3, 0.4) is 0 Å². The second kappa shape index (κ2) is 14.5. The minimum Gasteiger partial charge on any atom is -0.493 e. The molecule has 0 saturated heterocycles. The summed E-state index contributed by atoms with van der Waals surface area (Å²) in [6, 6.07) is 7.86. The molecule has 1 fully saturated rings. The van der Waals surface area contributed by atoms with Crippen molar-refractivity contribution in [1.82, 2.24) is 30.4 Å². The van der Waals surface area contributed by atoms with E-state index in [2.05, 4.69) is 20.7 Å². The highest BCUT2D eigenvalue weighted by Gasteiger charge is 2.35. The molecule has 1 aromatic carbocycles. The van der Waals surface area contributed by atoms with Crippen LogP contribution in [0.5, 0.6) is 11.5 Å². The van der Waals surface area contributed by atoms with Gasteiger partial charge in [0.15, 0.2) is 17.5 Å². The smallest absolute Gasteiger partial charge is 0.250 e. The van der Waals surface area contributed by atoms with Gasteiger partial charge in [-0.05, 0) is 61.7 Å². The summed E-state index contributed by atoms with van der Waals surface area (Å²) in [5.74, 6) is 1.23. The lowest BCUT2D eigenvalue weighted by Crippen LogP contribution is -2.48. The summed E-state index contributed by atoms with van der Waals surface area (Å²) in [4.78, 5) is 30.1. The summed E-state index contributed by atoms with van der Waals surface area (Å²) < 4.78 is 21.8. The quantitative estimate of drug-likeness (QED) is 0.298. The summed E-state index contributed by atoms with van der Waals surface area (Å²) in [5, 5.41) is 15.8. The molecule has 1 aliphatic rings. The first kappa shape index (κ1) is 29.1. The second-order valence-corrected chi connectivity index (χ2v) is 9.61. The Labute approximate surface area is 233 Å². The highest BCUT2D eigenvalue weighted by atomic mass is 16.5. The number of carbonyl (C=O) groups excluding carboxylic acids is 2. The molecule has 1 aliphatic carbocycles. The number of hydrogen-bond donors (Lipinski definition) is 1. The van der Waals surface area contributed by atoms with Crippen molar-refractivity contribution in [3.05, 3.63) is 42.4 Å². The predicted molar refractivity (Wildman–Crippen MR) is 146 cm³/mol. The van der Waals surface area contributed by atoms with E-state index in [0.717, 1.165) is 25.7 Å². The number of benzene rings is 1. The van der Waals surface area contributed by atoms with Crippen LogP contribution in [0.25, 0.3) is 11.4 Å². The summed E-state index contributed by atoms with van der Waals surface area (Å²) >= 11 is 0. The minimum atomic E-state index is -0.931. The summed E-state index contributed by atoms with van der Waals surface area (Å²) in [6.45, 7) is 3.03. The number of nitrogens with zero attached hydrogens (tertiary/aromatic N) is 5. The molecular weight excluding hydrogens is 516 g/mol. The lowest BCUT2D eigenvalue weighted by molar-refractivity contribution is -0.143. The molecule has 40 heavy (non-hydrogen) atoms. The average Bonchev–Trinajstić information content (AvgIpc) is 3.67. The number of hydrogen-bond acceptors (Lipinski definition) is 9. The van der Waals surface area contributed by atoms with E-state index in [1.54, 1.807) is 44.6 Å². The molecule has 2 heterocycles. The maximum Gasteiger partial charge on any atom is 0.250 e. The number of nitrogens with one attached hydrogen (secondary N) is 1. The van der Waals surface area contributed by atoms with Gasteiger partial charge >= 0.3 is 0 Å². The Morgan fingerprint density at radius 1 is 1.15 bits per heavy atom. The molecule has 1 N–H and O–H groups in total. The van der Waals surface area contributed by atoms with Gasteiger partial charge in [-0.1, -0.05) is 19.3 Å². The van der Waals surface area contributed by atoms with Crippen LogP contribution in [0.4, 0.5) is 0 Å². The van der Waals surface area contributed by atoms with Crippen molar-refractivity contribution >= 4 is 11.8 Å². The Bertz CT molecular complexity index is 1220. The molecule has 0 spiro atoms. The minimum absolute atomic E-state index is 0.0834. The van der Waals surface area contributed by atoms with Crippen LogP contribution in [-0.2, 0) is 20.9 Å². The predicted octanol–water partition coefficient (Wildman–Crippen LogP) is 3.40. The fraction of sp³-hybridized carbons (Fsp3) is 0.536. The third-order valence-electron chi connectivity index (χ3n) is 6.91. The summed E-state index contributed by atoms with van der Waals surface area (Å²) in [6.07, 6.45) is 7.24. The Morgan fingerprint density at radius 2 is 1.95 bits per heavy atom. The molecule has 3 aromatic rings. The van der Waals surface area contributed by atoms with Gasteiger partial charge in [-0.3, -0.25) is 9.59 Å². The summed E-state index contributed by atoms with van der Waals surface area (Å²) in [5.41, 5.74) is 0.658. The number of furan rings is 1. The van der Waals surface area contributed by atoms with Gasteiger partial charge in [0.2, 0.25) is 11.7 Å². The standard InChI is InChI=1S/C28H38N6O6/c1-4-39-16-9-15-33(26(23-12-8-17-40-23)28(36)29-21-10-6-5-7-11-21)25(35)19-34-31-27(30-32-34)20-13-14-22(37-2)24(18-20)38-3/h8,12-14,17-18,21,26H,4-7,9-11,15-16,19H2,1-3H3,(H,29,36). The molecule has 12 heteroatoms. The number of ether oxygens (including phenoxy) is 3. The zero-order valence-corrected chi connectivity index (χ0v) is 23.4. The van der Waals surface area contributed by atoms with E-state index >= 15 is 0 Å². The highest BCUT2D eigenvalue weighted by Crippen LogP contribution is 2.31. The fourth-order valence-corrected chi connectivity index (χ4v) is 4.89. The van der Waals surface area contributed by atoms with Gasteiger partial charge in [-0.2, -0.15) is 4.80 Å². The zero-order valence-electron chi connectivity index (χ0n) is 23.4. The van der Waals surface area contributed by atoms with Crippen molar-refractivity contribution in [2.24, 2.45) is 0 Å². The number of carbonyl (C=O) groups is 2. The number of methoxy groups -OCH3 is 2. The van der Waals surface area contributed by atoms with E-state index < -0.39 is 6.04 Å². The maximum atomic E-state index is 13.7. The van der Waals surface area contributed by atoms with Crippen LogP contribution in [0.1, 0.15) is 57.3 Å². The molecule has 2 amide bonds. The van der Waals surface area contributed by atoms with Crippen molar-refractivity contribution in [3.8, 4) is 22.9 Å². The molecule has 0 bridgehead atoms. The first-order valence-electron chi connectivity index (χ1n) is 13.7. The van der Waals surface area contributed by atoms with Gasteiger partial charge in [-0.15, -0.1) is 10.2 Å². The monoisotopic (exact) mass is 554 g/mol. The van der Waals surface area contributed by atoms with Gasteiger partial charge in [-0.25, -0.2) is 0 Å². The van der Waals surface area contributed by atoms with Gasteiger partial charge < -0.3 is 28.8 Å². The average molecular weight is 555 g/mol. The molecule has 1 atom stereocenters. The topological polar surface area (TPSA) is 134 Å². The van der Waals surface area contributed by atoms with Gasteiger partial charge in [0, 0.05) is 31.4 Å². The third-order valence-corrected chi connectivity index (χ3v) is 6.91. The van der Waals surface area contributed by atoms with Crippen molar-refractivity contribution in [1.29, 1.82) is 0 Å². The van der Waals surface area contributed by atoms with Crippen LogP contribution in [-0.4, -0.2) is 76.9 Å². The first-order valence-corrected chi connectivity index (χ1v) is 13.7.